The molecule has 1 aromatic carbocycles. The van der Waals surface area contributed by atoms with E-state index in [1.807, 2.05) is 0 Å². The number of aryl methyl sites for hydroxylation is 2. The summed E-state index contributed by atoms with van der Waals surface area (Å²) in [6, 6.07) is 6.71. The first-order valence-electron chi connectivity index (χ1n) is 9.20. The van der Waals surface area contributed by atoms with Gasteiger partial charge in [-0.2, -0.15) is 18.3 Å². The number of benzene rings is 1. The van der Waals surface area contributed by atoms with Crippen molar-refractivity contribution < 1.29 is 35.9 Å². The first kappa shape index (κ1) is 22.3. The zero-order chi connectivity index (χ0) is 22.6. The zero-order valence-electron chi connectivity index (χ0n) is 16.3. The van der Waals surface area contributed by atoms with Crippen molar-refractivity contribution in [3.05, 3.63) is 70.9 Å². The maximum Gasteiger partial charge on any atom is 0.435 e. The van der Waals surface area contributed by atoms with E-state index in [4.69, 9.17) is 9.15 Å². The molecule has 3 aromatic rings. The molecule has 0 fully saturated rings. The third-order valence-corrected chi connectivity index (χ3v) is 4.25. The summed E-state index contributed by atoms with van der Waals surface area (Å²) >= 11 is 0. The standard InChI is InChI=1S/C20H18F5N3O3/c1-12-9-18(20(23,24)25)27-28(12)8-2-7-26-19(29)17-6-4-14(31-17)11-30-16-5-3-13(21)10-15(16)22/h3-6,9-10H,2,7-8,11H2,1H3,(H,26,29). The van der Waals surface area contributed by atoms with Crippen LogP contribution in [-0.2, 0) is 19.3 Å². The Kier molecular flexibility index (Phi) is 6.62. The average Bonchev–Trinajstić information content (AvgIpc) is 3.31. The molecule has 0 radical (unpaired) electrons. The smallest absolute Gasteiger partial charge is 0.435 e. The quantitative estimate of drug-likeness (QED) is 0.412. The number of rotatable bonds is 8. The van der Waals surface area contributed by atoms with E-state index >= 15 is 0 Å². The van der Waals surface area contributed by atoms with Crippen molar-refractivity contribution in [1.29, 1.82) is 0 Å². The van der Waals surface area contributed by atoms with Crippen LogP contribution < -0.4 is 10.1 Å². The van der Waals surface area contributed by atoms with Crippen LogP contribution in [0.4, 0.5) is 22.0 Å². The number of nitrogens with zero attached hydrogens (tertiary/aromatic N) is 2. The molecule has 11 heteroatoms. The highest BCUT2D eigenvalue weighted by Gasteiger charge is 2.34. The average molecular weight is 443 g/mol. The number of furan rings is 1. The Bertz CT molecular complexity index is 1060. The Hall–Kier alpha value is -3.37. The minimum atomic E-state index is -4.51. The lowest BCUT2D eigenvalue weighted by molar-refractivity contribution is -0.141. The van der Waals surface area contributed by atoms with E-state index in [9.17, 15) is 26.7 Å². The van der Waals surface area contributed by atoms with Gasteiger partial charge < -0.3 is 14.5 Å². The molecule has 0 saturated carbocycles. The Morgan fingerprint density at radius 1 is 1.19 bits per heavy atom. The van der Waals surface area contributed by atoms with Crippen molar-refractivity contribution >= 4 is 5.91 Å². The number of carbonyl (C=O) groups is 1. The highest BCUT2D eigenvalue weighted by Crippen LogP contribution is 2.28. The van der Waals surface area contributed by atoms with Gasteiger partial charge in [-0.3, -0.25) is 9.48 Å². The summed E-state index contributed by atoms with van der Waals surface area (Å²) in [6.45, 7) is 1.73. The summed E-state index contributed by atoms with van der Waals surface area (Å²) < 4.78 is 76.2. The first-order valence-corrected chi connectivity index (χ1v) is 9.20. The molecule has 166 valence electrons. The van der Waals surface area contributed by atoms with E-state index < -0.39 is 29.4 Å². The van der Waals surface area contributed by atoms with Gasteiger partial charge in [-0.05, 0) is 43.7 Å². The molecule has 2 heterocycles. The molecule has 0 aliphatic rings. The highest BCUT2D eigenvalue weighted by molar-refractivity contribution is 5.91. The predicted molar refractivity (Wildman–Crippen MR) is 98.3 cm³/mol. The van der Waals surface area contributed by atoms with Gasteiger partial charge >= 0.3 is 6.18 Å². The van der Waals surface area contributed by atoms with Gasteiger partial charge in [0.1, 0.15) is 18.2 Å². The molecule has 3 rings (SSSR count). The number of hydrogen-bond donors (Lipinski definition) is 1. The Labute approximate surface area is 173 Å². The van der Waals surface area contributed by atoms with Crippen molar-refractivity contribution in [2.24, 2.45) is 0 Å². The molecule has 1 amide bonds. The lowest BCUT2D eigenvalue weighted by Crippen LogP contribution is -2.25. The molecular weight excluding hydrogens is 425 g/mol. The van der Waals surface area contributed by atoms with Gasteiger partial charge in [0, 0.05) is 24.8 Å². The van der Waals surface area contributed by atoms with Gasteiger partial charge in [-0.25, -0.2) is 8.78 Å². The number of hydrogen-bond acceptors (Lipinski definition) is 4. The van der Waals surface area contributed by atoms with Crippen LogP contribution in [0, 0.1) is 18.6 Å². The number of aromatic nitrogens is 2. The number of amides is 1. The van der Waals surface area contributed by atoms with E-state index in [-0.39, 0.29) is 37.0 Å². The second-order valence-electron chi connectivity index (χ2n) is 6.63. The fourth-order valence-electron chi connectivity index (χ4n) is 2.71. The van der Waals surface area contributed by atoms with Gasteiger partial charge in [-0.1, -0.05) is 0 Å². The molecule has 0 unspecified atom stereocenters. The molecule has 1 N–H and O–H groups in total. The van der Waals surface area contributed by atoms with Crippen LogP contribution >= 0.6 is 0 Å². The number of halogens is 5. The van der Waals surface area contributed by atoms with Crippen molar-refractivity contribution in [2.45, 2.75) is 32.7 Å². The van der Waals surface area contributed by atoms with E-state index in [0.717, 1.165) is 18.2 Å². The number of carbonyl (C=O) groups excluding carboxylic acids is 1. The Morgan fingerprint density at radius 2 is 1.97 bits per heavy atom. The molecular formula is C20H18F5N3O3. The molecule has 0 aliphatic carbocycles. The zero-order valence-corrected chi connectivity index (χ0v) is 16.3. The molecule has 2 aromatic heterocycles. The van der Waals surface area contributed by atoms with Gasteiger partial charge in [0.25, 0.3) is 5.91 Å². The van der Waals surface area contributed by atoms with Crippen LogP contribution in [0.3, 0.4) is 0 Å². The van der Waals surface area contributed by atoms with Crippen LogP contribution in [0.1, 0.15) is 34.1 Å². The third-order valence-electron chi connectivity index (χ3n) is 4.25. The largest absolute Gasteiger partial charge is 0.483 e. The fourth-order valence-corrected chi connectivity index (χ4v) is 2.71. The van der Waals surface area contributed by atoms with E-state index in [2.05, 4.69) is 10.4 Å². The topological polar surface area (TPSA) is 69.3 Å². The van der Waals surface area contributed by atoms with Gasteiger partial charge in [0.2, 0.25) is 0 Å². The van der Waals surface area contributed by atoms with Crippen molar-refractivity contribution in [2.75, 3.05) is 6.54 Å². The molecule has 0 saturated heterocycles. The summed E-state index contributed by atoms with van der Waals surface area (Å²) in [5, 5.41) is 6.10. The number of alkyl halides is 3. The third kappa shape index (κ3) is 5.83. The van der Waals surface area contributed by atoms with Crippen LogP contribution in [0.15, 0.2) is 40.8 Å². The van der Waals surface area contributed by atoms with Crippen LogP contribution in [0.5, 0.6) is 5.75 Å². The lowest BCUT2D eigenvalue weighted by Gasteiger charge is -2.06. The van der Waals surface area contributed by atoms with E-state index in [0.29, 0.717) is 18.2 Å². The van der Waals surface area contributed by atoms with Crippen molar-refractivity contribution in [3.8, 4) is 5.75 Å². The first-order chi connectivity index (χ1) is 14.6. The van der Waals surface area contributed by atoms with Crippen molar-refractivity contribution in [1.82, 2.24) is 15.1 Å². The summed E-state index contributed by atoms with van der Waals surface area (Å²) in [5.41, 5.74) is -0.591. The second kappa shape index (κ2) is 9.19. The SMILES string of the molecule is Cc1cc(C(F)(F)F)nn1CCCNC(=O)c1ccc(COc2ccc(F)cc2F)o1. The van der Waals surface area contributed by atoms with Crippen LogP contribution in [0.25, 0.3) is 0 Å². The Balaban J connectivity index is 1.45. The summed E-state index contributed by atoms with van der Waals surface area (Å²) in [5.74, 6) is -2.03. The molecule has 0 bridgehead atoms. The van der Waals surface area contributed by atoms with Crippen LogP contribution in [0.2, 0.25) is 0 Å². The van der Waals surface area contributed by atoms with Gasteiger partial charge in [0.05, 0.1) is 0 Å². The minimum Gasteiger partial charge on any atom is -0.483 e. The van der Waals surface area contributed by atoms with Crippen LogP contribution in [-0.4, -0.2) is 22.2 Å². The lowest BCUT2D eigenvalue weighted by atomic mass is 10.3. The monoisotopic (exact) mass is 443 g/mol. The summed E-state index contributed by atoms with van der Waals surface area (Å²) in [7, 11) is 0. The summed E-state index contributed by atoms with van der Waals surface area (Å²) in [4.78, 5) is 12.1. The van der Waals surface area contributed by atoms with E-state index in [1.54, 1.807) is 0 Å². The van der Waals surface area contributed by atoms with Gasteiger partial charge in [0.15, 0.2) is 23.0 Å². The Morgan fingerprint density at radius 3 is 2.65 bits per heavy atom. The highest BCUT2D eigenvalue weighted by atomic mass is 19.4. The predicted octanol–water partition coefficient (Wildman–Crippen LogP) is 4.48. The van der Waals surface area contributed by atoms with Crippen molar-refractivity contribution in [3.63, 3.8) is 0 Å². The molecule has 31 heavy (non-hydrogen) atoms. The normalized spacial score (nSPS) is 11.5. The molecule has 0 atom stereocenters. The minimum absolute atomic E-state index is 0.00666. The maximum absolute atomic E-state index is 13.5. The molecule has 0 aliphatic heterocycles. The number of ether oxygens (including phenoxy) is 1. The maximum atomic E-state index is 13.5. The fraction of sp³-hybridized carbons (Fsp3) is 0.300. The molecule has 6 nitrogen and oxygen atoms in total. The van der Waals surface area contributed by atoms with E-state index in [1.165, 1.54) is 23.7 Å². The second-order valence-corrected chi connectivity index (χ2v) is 6.63. The molecule has 0 spiro atoms. The summed E-state index contributed by atoms with van der Waals surface area (Å²) in [6.07, 6.45) is -4.15. The van der Waals surface area contributed by atoms with Gasteiger partial charge in [-0.15, -0.1) is 0 Å². The number of nitrogens with one attached hydrogen (secondary N) is 1.